The van der Waals surface area contributed by atoms with E-state index in [-0.39, 0.29) is 12.0 Å². The molecule has 0 bridgehead atoms. The van der Waals surface area contributed by atoms with Crippen LogP contribution in [-0.4, -0.2) is 18.9 Å². The predicted octanol–water partition coefficient (Wildman–Crippen LogP) is 3.15. The summed E-state index contributed by atoms with van der Waals surface area (Å²) in [7, 11) is 0. The van der Waals surface area contributed by atoms with Crippen LogP contribution in [0.1, 0.15) is 32.6 Å². The minimum absolute atomic E-state index is 0.0221. The molecule has 0 aromatic heterocycles. The Morgan fingerprint density at radius 3 is 2.53 bits per heavy atom. The first-order valence-corrected chi connectivity index (χ1v) is 5.13. The van der Waals surface area contributed by atoms with Gasteiger partial charge in [-0.05, 0) is 19.8 Å². The van der Waals surface area contributed by atoms with E-state index in [9.17, 15) is 13.2 Å². The van der Waals surface area contributed by atoms with Gasteiger partial charge in [0.15, 0.2) is 0 Å². The molecule has 0 heterocycles. The molecule has 0 aromatic rings. The molecule has 4 heteroatoms. The van der Waals surface area contributed by atoms with Gasteiger partial charge in [-0.25, -0.2) is 0 Å². The molecule has 1 saturated carbocycles. The van der Waals surface area contributed by atoms with Gasteiger partial charge in [-0.1, -0.05) is 18.8 Å². The fraction of sp³-hybridized carbons (Fsp3) is 0.818. The zero-order chi connectivity index (χ0) is 11.3. The summed E-state index contributed by atoms with van der Waals surface area (Å²) in [6.07, 6.45) is -1.07. The normalized spacial score (nSPS) is 26.9. The molecule has 0 amide bonds. The Kier molecular flexibility index (Phi) is 4.46. The Bertz CT molecular complexity index is 249. The summed E-state index contributed by atoms with van der Waals surface area (Å²) in [5.41, 5.74) is 0. The van der Waals surface area contributed by atoms with Crippen molar-refractivity contribution in [3.8, 4) is 11.8 Å². The molecule has 0 spiro atoms. The number of ether oxygens (including phenoxy) is 1. The fourth-order valence-electron chi connectivity index (χ4n) is 1.85. The number of halogens is 3. The lowest BCUT2D eigenvalue weighted by molar-refractivity contribution is -0.191. The molecule has 0 aliphatic heterocycles. The molecule has 0 radical (unpaired) electrons. The maximum absolute atomic E-state index is 12.0. The minimum Gasteiger partial charge on any atom is -0.368 e. The molecular formula is C11H15F3O. The van der Waals surface area contributed by atoms with Crippen LogP contribution in [0.4, 0.5) is 13.2 Å². The topological polar surface area (TPSA) is 9.23 Å². The van der Waals surface area contributed by atoms with Crippen molar-refractivity contribution < 1.29 is 17.9 Å². The van der Waals surface area contributed by atoms with Crippen LogP contribution >= 0.6 is 0 Å². The van der Waals surface area contributed by atoms with Gasteiger partial charge in [0, 0.05) is 5.92 Å². The highest BCUT2D eigenvalue weighted by atomic mass is 19.4. The second-order valence-electron chi connectivity index (χ2n) is 3.75. The summed E-state index contributed by atoms with van der Waals surface area (Å²) in [6.45, 7) is 0.551. The highest BCUT2D eigenvalue weighted by Crippen LogP contribution is 2.28. The van der Waals surface area contributed by atoms with E-state index in [0.717, 1.165) is 19.3 Å². The lowest BCUT2D eigenvalue weighted by atomic mass is 9.87. The molecule has 15 heavy (non-hydrogen) atoms. The van der Waals surface area contributed by atoms with Crippen molar-refractivity contribution in [2.75, 3.05) is 6.61 Å². The lowest BCUT2D eigenvalue weighted by Crippen LogP contribution is -2.31. The molecule has 0 N–H and O–H groups in total. The summed E-state index contributed by atoms with van der Waals surface area (Å²) >= 11 is 0. The molecule has 0 aromatic carbocycles. The maximum atomic E-state index is 12.0. The Morgan fingerprint density at radius 1 is 1.27 bits per heavy atom. The van der Waals surface area contributed by atoms with Crippen LogP contribution in [0, 0.1) is 17.8 Å². The molecule has 2 unspecified atom stereocenters. The largest absolute Gasteiger partial charge is 0.411 e. The van der Waals surface area contributed by atoms with Crippen molar-refractivity contribution in [3.63, 3.8) is 0 Å². The molecule has 86 valence electrons. The van der Waals surface area contributed by atoms with E-state index < -0.39 is 12.8 Å². The van der Waals surface area contributed by atoms with E-state index in [1.807, 2.05) is 0 Å². The molecule has 1 aliphatic carbocycles. The first-order chi connectivity index (χ1) is 7.03. The number of hydrogen-bond donors (Lipinski definition) is 0. The van der Waals surface area contributed by atoms with Gasteiger partial charge < -0.3 is 4.74 Å². The Hall–Kier alpha value is -0.690. The Morgan fingerprint density at radius 2 is 1.93 bits per heavy atom. The molecule has 2 atom stereocenters. The second kappa shape index (κ2) is 5.41. The van der Waals surface area contributed by atoms with Crippen molar-refractivity contribution >= 4 is 0 Å². The molecule has 0 saturated heterocycles. The summed E-state index contributed by atoms with van der Waals surface area (Å²) < 4.78 is 40.8. The predicted molar refractivity (Wildman–Crippen MR) is 51.2 cm³/mol. The van der Waals surface area contributed by atoms with Crippen molar-refractivity contribution in [1.82, 2.24) is 0 Å². The molecular weight excluding hydrogens is 205 g/mol. The number of alkyl halides is 3. The van der Waals surface area contributed by atoms with Gasteiger partial charge in [0.05, 0.1) is 6.10 Å². The van der Waals surface area contributed by atoms with E-state index in [1.165, 1.54) is 0 Å². The van der Waals surface area contributed by atoms with Crippen molar-refractivity contribution in [1.29, 1.82) is 0 Å². The van der Waals surface area contributed by atoms with Gasteiger partial charge in [0.25, 0.3) is 0 Å². The minimum atomic E-state index is -4.23. The first kappa shape index (κ1) is 12.4. The van der Waals surface area contributed by atoms with Crippen LogP contribution in [0.25, 0.3) is 0 Å². The van der Waals surface area contributed by atoms with Crippen molar-refractivity contribution in [3.05, 3.63) is 0 Å². The third-order valence-corrected chi connectivity index (χ3v) is 2.49. The fourth-order valence-corrected chi connectivity index (χ4v) is 1.85. The first-order valence-electron chi connectivity index (χ1n) is 5.13. The SMILES string of the molecule is CC#CC1CCCCC1OCC(F)(F)F. The Balaban J connectivity index is 2.45. The Labute approximate surface area is 88.0 Å². The van der Waals surface area contributed by atoms with E-state index in [4.69, 9.17) is 4.74 Å². The summed E-state index contributed by atoms with van der Waals surface area (Å²) in [5, 5.41) is 0. The van der Waals surface area contributed by atoms with E-state index in [1.54, 1.807) is 6.92 Å². The highest BCUT2D eigenvalue weighted by Gasteiger charge is 2.32. The molecule has 1 aliphatic rings. The van der Waals surface area contributed by atoms with Gasteiger partial charge >= 0.3 is 6.18 Å². The molecule has 1 fully saturated rings. The van der Waals surface area contributed by atoms with Crippen molar-refractivity contribution in [2.24, 2.45) is 5.92 Å². The van der Waals surface area contributed by atoms with Gasteiger partial charge in [-0.3, -0.25) is 0 Å². The van der Waals surface area contributed by atoms with Gasteiger partial charge in [-0.15, -0.1) is 5.92 Å². The van der Waals surface area contributed by atoms with Crippen LogP contribution in [0.5, 0.6) is 0 Å². The van der Waals surface area contributed by atoms with Gasteiger partial charge in [0.1, 0.15) is 6.61 Å². The van der Waals surface area contributed by atoms with Crippen LogP contribution in [-0.2, 0) is 4.74 Å². The summed E-state index contributed by atoms with van der Waals surface area (Å²) in [6, 6.07) is 0. The molecule has 1 nitrogen and oxygen atoms in total. The summed E-state index contributed by atoms with van der Waals surface area (Å²) in [4.78, 5) is 0. The smallest absolute Gasteiger partial charge is 0.368 e. The molecule has 1 rings (SSSR count). The van der Waals surface area contributed by atoms with Crippen molar-refractivity contribution in [2.45, 2.75) is 44.9 Å². The van der Waals surface area contributed by atoms with E-state index in [2.05, 4.69) is 11.8 Å². The van der Waals surface area contributed by atoms with Crippen LogP contribution in [0.2, 0.25) is 0 Å². The van der Waals surface area contributed by atoms with E-state index in [0.29, 0.717) is 6.42 Å². The monoisotopic (exact) mass is 220 g/mol. The zero-order valence-corrected chi connectivity index (χ0v) is 8.73. The zero-order valence-electron chi connectivity index (χ0n) is 8.73. The highest BCUT2D eigenvalue weighted by molar-refractivity contribution is 5.04. The quantitative estimate of drug-likeness (QED) is 0.649. The maximum Gasteiger partial charge on any atom is 0.411 e. The van der Waals surface area contributed by atoms with E-state index >= 15 is 0 Å². The van der Waals surface area contributed by atoms with Gasteiger partial charge in [-0.2, -0.15) is 13.2 Å². The number of rotatable bonds is 2. The third-order valence-electron chi connectivity index (χ3n) is 2.49. The third kappa shape index (κ3) is 4.57. The lowest BCUT2D eigenvalue weighted by Gasteiger charge is -2.28. The average Bonchev–Trinajstić information content (AvgIpc) is 2.16. The average molecular weight is 220 g/mol. The van der Waals surface area contributed by atoms with Crippen LogP contribution < -0.4 is 0 Å². The standard InChI is InChI=1S/C11H15F3O/c1-2-5-9-6-3-4-7-10(9)15-8-11(12,13)14/h9-10H,3-4,6-8H2,1H3. The van der Waals surface area contributed by atoms with Gasteiger partial charge in [0.2, 0.25) is 0 Å². The van der Waals surface area contributed by atoms with Crippen LogP contribution in [0.3, 0.4) is 0 Å². The van der Waals surface area contributed by atoms with Crippen LogP contribution in [0.15, 0.2) is 0 Å². The number of hydrogen-bond acceptors (Lipinski definition) is 1. The second-order valence-corrected chi connectivity index (χ2v) is 3.75. The summed E-state index contributed by atoms with van der Waals surface area (Å²) in [5.74, 6) is 5.66.